The molecule has 0 aliphatic carbocycles. The van der Waals surface area contributed by atoms with Gasteiger partial charge in [-0.05, 0) is 19.1 Å². The van der Waals surface area contributed by atoms with Gasteiger partial charge in [0.05, 0.1) is 11.5 Å². The standard InChI is InChI=1S/C12H14N4O3/c1-3-15(2)12(17)8-14-10-5-4-9(7-13)11(6-10)16(18)19/h4-6,14H,3,8H2,1-2H3. The topological polar surface area (TPSA) is 99.3 Å². The van der Waals surface area contributed by atoms with E-state index in [1.165, 1.54) is 23.1 Å². The molecule has 1 N–H and O–H groups in total. The van der Waals surface area contributed by atoms with Crippen molar-refractivity contribution in [3.8, 4) is 6.07 Å². The van der Waals surface area contributed by atoms with Crippen molar-refractivity contribution in [2.24, 2.45) is 0 Å². The van der Waals surface area contributed by atoms with Gasteiger partial charge in [0.25, 0.3) is 5.69 Å². The summed E-state index contributed by atoms with van der Waals surface area (Å²) in [5, 5.41) is 22.3. The maximum Gasteiger partial charge on any atom is 0.289 e. The highest BCUT2D eigenvalue weighted by atomic mass is 16.6. The third-order valence-electron chi connectivity index (χ3n) is 2.66. The Balaban J connectivity index is 2.81. The van der Waals surface area contributed by atoms with Crippen LogP contribution in [-0.4, -0.2) is 35.9 Å². The number of carbonyl (C=O) groups is 1. The third-order valence-corrected chi connectivity index (χ3v) is 2.66. The van der Waals surface area contributed by atoms with Crippen LogP contribution in [-0.2, 0) is 4.79 Å². The molecule has 0 atom stereocenters. The SMILES string of the molecule is CCN(C)C(=O)CNc1ccc(C#N)c([N+](=O)[O-])c1. The van der Waals surface area contributed by atoms with Crippen LogP contribution in [0.1, 0.15) is 12.5 Å². The van der Waals surface area contributed by atoms with Crippen LogP contribution in [0.5, 0.6) is 0 Å². The molecule has 0 aliphatic heterocycles. The van der Waals surface area contributed by atoms with E-state index in [2.05, 4.69) is 5.32 Å². The molecule has 19 heavy (non-hydrogen) atoms. The molecule has 1 rings (SSSR count). The third kappa shape index (κ3) is 3.67. The quantitative estimate of drug-likeness (QED) is 0.638. The lowest BCUT2D eigenvalue weighted by atomic mass is 10.2. The zero-order valence-electron chi connectivity index (χ0n) is 10.7. The number of amides is 1. The molecule has 0 aromatic heterocycles. The minimum atomic E-state index is -0.621. The van der Waals surface area contributed by atoms with Gasteiger partial charge in [0.1, 0.15) is 11.6 Å². The Hall–Kier alpha value is -2.62. The molecule has 0 heterocycles. The number of hydrogen-bond donors (Lipinski definition) is 1. The first-order valence-electron chi connectivity index (χ1n) is 5.66. The van der Waals surface area contributed by atoms with Crippen molar-refractivity contribution in [3.05, 3.63) is 33.9 Å². The van der Waals surface area contributed by atoms with Crippen molar-refractivity contribution in [2.75, 3.05) is 25.5 Å². The van der Waals surface area contributed by atoms with Gasteiger partial charge in [-0.15, -0.1) is 0 Å². The Morgan fingerprint density at radius 1 is 1.58 bits per heavy atom. The number of nitro groups is 1. The van der Waals surface area contributed by atoms with Gasteiger partial charge in [0, 0.05) is 25.3 Å². The normalized spacial score (nSPS) is 9.53. The number of anilines is 1. The molecule has 0 spiro atoms. The summed E-state index contributed by atoms with van der Waals surface area (Å²) in [6.45, 7) is 2.49. The van der Waals surface area contributed by atoms with Gasteiger partial charge < -0.3 is 10.2 Å². The summed E-state index contributed by atoms with van der Waals surface area (Å²) in [6, 6.07) is 5.89. The van der Waals surface area contributed by atoms with Crippen molar-refractivity contribution in [1.29, 1.82) is 5.26 Å². The van der Waals surface area contributed by atoms with E-state index in [-0.39, 0.29) is 23.7 Å². The fraction of sp³-hybridized carbons (Fsp3) is 0.333. The summed E-state index contributed by atoms with van der Waals surface area (Å²) in [5.41, 5.74) is 0.153. The van der Waals surface area contributed by atoms with Gasteiger partial charge in [-0.3, -0.25) is 14.9 Å². The summed E-state index contributed by atoms with van der Waals surface area (Å²) in [6.07, 6.45) is 0. The van der Waals surface area contributed by atoms with E-state index in [4.69, 9.17) is 5.26 Å². The number of rotatable bonds is 5. The lowest BCUT2D eigenvalue weighted by molar-refractivity contribution is -0.385. The van der Waals surface area contributed by atoms with E-state index in [0.29, 0.717) is 12.2 Å². The van der Waals surface area contributed by atoms with Crippen LogP contribution >= 0.6 is 0 Å². The second-order valence-electron chi connectivity index (χ2n) is 3.86. The molecule has 0 saturated carbocycles. The zero-order chi connectivity index (χ0) is 14.4. The van der Waals surface area contributed by atoms with Crippen LogP contribution in [0.15, 0.2) is 18.2 Å². The van der Waals surface area contributed by atoms with Crippen LogP contribution in [0.4, 0.5) is 11.4 Å². The molecule has 7 heteroatoms. The Morgan fingerprint density at radius 3 is 2.79 bits per heavy atom. The average molecular weight is 262 g/mol. The first-order chi connectivity index (χ1) is 8.99. The van der Waals surface area contributed by atoms with Gasteiger partial charge in [0.15, 0.2) is 0 Å². The lowest BCUT2D eigenvalue weighted by Crippen LogP contribution is -2.31. The minimum absolute atomic E-state index is 0.00690. The molecule has 7 nitrogen and oxygen atoms in total. The summed E-state index contributed by atoms with van der Waals surface area (Å²) in [4.78, 5) is 23.3. The lowest BCUT2D eigenvalue weighted by Gasteiger charge is -2.15. The fourth-order valence-electron chi connectivity index (χ4n) is 1.38. The fourth-order valence-corrected chi connectivity index (χ4v) is 1.38. The monoisotopic (exact) mass is 262 g/mol. The predicted molar refractivity (Wildman–Crippen MR) is 69.6 cm³/mol. The highest BCUT2D eigenvalue weighted by Gasteiger charge is 2.14. The number of hydrogen-bond acceptors (Lipinski definition) is 5. The molecule has 0 fully saturated rings. The molecule has 0 aliphatic rings. The highest BCUT2D eigenvalue weighted by molar-refractivity contribution is 5.80. The zero-order valence-corrected chi connectivity index (χ0v) is 10.7. The van der Waals surface area contributed by atoms with Gasteiger partial charge in [-0.2, -0.15) is 5.26 Å². The summed E-state index contributed by atoms with van der Waals surface area (Å²) in [5.74, 6) is -0.116. The summed E-state index contributed by atoms with van der Waals surface area (Å²) < 4.78 is 0. The van der Waals surface area contributed by atoms with Crippen LogP contribution in [0.2, 0.25) is 0 Å². The molecule has 1 amide bonds. The van der Waals surface area contributed by atoms with E-state index in [1.54, 1.807) is 13.1 Å². The molecular weight excluding hydrogens is 248 g/mol. The Bertz CT molecular complexity index is 536. The number of likely N-dealkylation sites (N-methyl/N-ethyl adjacent to an activating group) is 1. The highest BCUT2D eigenvalue weighted by Crippen LogP contribution is 2.22. The van der Waals surface area contributed by atoms with E-state index in [1.807, 2.05) is 6.92 Å². The molecule has 1 aromatic rings. The van der Waals surface area contributed by atoms with Crippen molar-refractivity contribution in [2.45, 2.75) is 6.92 Å². The van der Waals surface area contributed by atoms with E-state index < -0.39 is 4.92 Å². The van der Waals surface area contributed by atoms with Crippen LogP contribution < -0.4 is 5.32 Å². The number of nitrogens with one attached hydrogen (secondary N) is 1. The molecule has 0 bridgehead atoms. The smallest absolute Gasteiger partial charge is 0.289 e. The number of nitriles is 1. The largest absolute Gasteiger partial charge is 0.376 e. The first kappa shape index (κ1) is 14.4. The maximum atomic E-state index is 11.6. The molecule has 0 radical (unpaired) electrons. The van der Waals surface area contributed by atoms with Gasteiger partial charge >= 0.3 is 0 Å². The van der Waals surface area contributed by atoms with Crippen LogP contribution in [0.25, 0.3) is 0 Å². The Kier molecular flexibility index (Phi) is 4.83. The summed E-state index contributed by atoms with van der Waals surface area (Å²) in [7, 11) is 1.67. The average Bonchev–Trinajstić information content (AvgIpc) is 2.43. The molecule has 0 unspecified atom stereocenters. The van der Waals surface area contributed by atoms with Crippen LogP contribution in [0.3, 0.4) is 0 Å². The van der Waals surface area contributed by atoms with Crippen molar-refractivity contribution < 1.29 is 9.72 Å². The maximum absolute atomic E-state index is 11.6. The second-order valence-corrected chi connectivity index (χ2v) is 3.86. The molecule has 0 saturated heterocycles. The van der Waals surface area contributed by atoms with Gasteiger partial charge in [-0.1, -0.05) is 0 Å². The first-order valence-corrected chi connectivity index (χ1v) is 5.66. The molecule has 100 valence electrons. The van der Waals surface area contributed by atoms with E-state index >= 15 is 0 Å². The van der Waals surface area contributed by atoms with Crippen molar-refractivity contribution in [3.63, 3.8) is 0 Å². The number of nitrogens with zero attached hydrogens (tertiary/aromatic N) is 3. The molecule has 1 aromatic carbocycles. The van der Waals surface area contributed by atoms with E-state index in [0.717, 1.165) is 0 Å². The Morgan fingerprint density at radius 2 is 2.26 bits per heavy atom. The van der Waals surface area contributed by atoms with Crippen LogP contribution in [0, 0.1) is 21.4 Å². The number of nitro benzene ring substituents is 1. The van der Waals surface area contributed by atoms with Crippen molar-refractivity contribution in [1.82, 2.24) is 4.90 Å². The summed E-state index contributed by atoms with van der Waals surface area (Å²) >= 11 is 0. The van der Waals surface area contributed by atoms with Gasteiger partial charge in [0.2, 0.25) is 5.91 Å². The number of carbonyl (C=O) groups excluding carboxylic acids is 1. The van der Waals surface area contributed by atoms with Gasteiger partial charge in [-0.25, -0.2) is 0 Å². The number of benzene rings is 1. The van der Waals surface area contributed by atoms with E-state index in [9.17, 15) is 14.9 Å². The Labute approximate surface area is 110 Å². The predicted octanol–water partition coefficient (Wildman–Crippen LogP) is 1.36. The second kappa shape index (κ2) is 6.35. The van der Waals surface area contributed by atoms with Crippen molar-refractivity contribution >= 4 is 17.3 Å². The minimum Gasteiger partial charge on any atom is -0.376 e. The molecular formula is C12H14N4O3.